The zero-order chi connectivity index (χ0) is 17.5. The fourth-order valence-electron chi connectivity index (χ4n) is 2.07. The van der Waals surface area contributed by atoms with Gasteiger partial charge in [0, 0.05) is 18.7 Å². The summed E-state index contributed by atoms with van der Waals surface area (Å²) in [5, 5.41) is 11.3. The summed E-state index contributed by atoms with van der Waals surface area (Å²) < 4.78 is 5.61. The summed E-state index contributed by atoms with van der Waals surface area (Å²) in [5.41, 5.74) is 0.771. The van der Waals surface area contributed by atoms with Gasteiger partial charge in [-0.15, -0.1) is 0 Å². The number of hydrogen-bond donors (Lipinski definition) is 2. The van der Waals surface area contributed by atoms with Crippen molar-refractivity contribution < 1.29 is 19.4 Å². The molecular weight excluding hydrogens is 348 g/mol. The molecule has 1 aromatic carbocycles. The first-order chi connectivity index (χ1) is 11.6. The van der Waals surface area contributed by atoms with E-state index in [0.29, 0.717) is 27.9 Å². The van der Waals surface area contributed by atoms with Gasteiger partial charge in [-0.3, -0.25) is 14.5 Å². The third-order valence-electron chi connectivity index (χ3n) is 3.26. The highest BCUT2D eigenvalue weighted by Crippen LogP contribution is 2.33. The van der Waals surface area contributed by atoms with Gasteiger partial charge in [0.05, 0.1) is 12.0 Å². The molecule has 2 rings (SSSR count). The van der Waals surface area contributed by atoms with Crippen LogP contribution in [0.5, 0.6) is 5.75 Å². The number of amides is 2. The van der Waals surface area contributed by atoms with Crippen LogP contribution in [0.3, 0.4) is 0 Å². The summed E-state index contributed by atoms with van der Waals surface area (Å²) in [6.45, 7) is 0.240. The molecule has 1 saturated heterocycles. The summed E-state index contributed by atoms with van der Waals surface area (Å²) in [7, 11) is 1.56. The number of carbonyl (C=O) groups excluding carboxylic acids is 2. The molecule has 0 radical (unpaired) electrons. The third kappa shape index (κ3) is 4.56. The second-order valence-electron chi connectivity index (χ2n) is 4.94. The fourth-order valence-corrected chi connectivity index (χ4v) is 3.32. The number of aliphatic hydroxyl groups is 1. The molecule has 128 valence electrons. The van der Waals surface area contributed by atoms with Gasteiger partial charge in [0.25, 0.3) is 5.91 Å². The first kappa shape index (κ1) is 18.4. The molecule has 1 fully saturated rings. The number of thiocarbonyl (C=S) groups is 1. The minimum atomic E-state index is -0.307. The van der Waals surface area contributed by atoms with Gasteiger partial charge in [-0.25, -0.2) is 0 Å². The van der Waals surface area contributed by atoms with Crippen molar-refractivity contribution in [1.82, 2.24) is 10.2 Å². The van der Waals surface area contributed by atoms with Crippen molar-refractivity contribution in [1.29, 1.82) is 0 Å². The van der Waals surface area contributed by atoms with Crippen LogP contribution in [0.1, 0.15) is 12.0 Å². The van der Waals surface area contributed by atoms with Gasteiger partial charge in [0.15, 0.2) is 0 Å². The molecular formula is C16H18N2O4S2. The Hall–Kier alpha value is -1.90. The summed E-state index contributed by atoms with van der Waals surface area (Å²) in [6.07, 6.45) is 2.18. The van der Waals surface area contributed by atoms with E-state index in [9.17, 15) is 9.59 Å². The Morgan fingerprint density at radius 1 is 1.46 bits per heavy atom. The highest BCUT2D eigenvalue weighted by molar-refractivity contribution is 8.26. The van der Waals surface area contributed by atoms with Crippen molar-refractivity contribution in [3.63, 3.8) is 0 Å². The summed E-state index contributed by atoms with van der Waals surface area (Å²) in [4.78, 5) is 26.0. The number of aliphatic hydroxyl groups excluding tert-OH is 1. The van der Waals surface area contributed by atoms with Gasteiger partial charge in [-0.2, -0.15) is 0 Å². The number of methoxy groups -OCH3 is 1. The lowest BCUT2D eigenvalue weighted by Gasteiger charge is -2.13. The Labute approximate surface area is 149 Å². The van der Waals surface area contributed by atoms with E-state index in [0.717, 1.165) is 17.3 Å². The van der Waals surface area contributed by atoms with Gasteiger partial charge >= 0.3 is 0 Å². The maximum Gasteiger partial charge on any atom is 0.266 e. The SMILES string of the molecule is COc1ccccc1/C=C1\SC(=S)N(CC(=O)NCCCO)C1=O. The Kier molecular flexibility index (Phi) is 6.77. The molecule has 0 unspecified atom stereocenters. The van der Waals surface area contributed by atoms with Crippen LogP contribution in [0.15, 0.2) is 29.2 Å². The lowest BCUT2D eigenvalue weighted by atomic mass is 10.2. The number of rotatable bonds is 7. The van der Waals surface area contributed by atoms with Crippen LogP contribution in [-0.2, 0) is 9.59 Å². The molecule has 2 N–H and O–H groups in total. The topological polar surface area (TPSA) is 78.9 Å². The monoisotopic (exact) mass is 366 g/mol. The van der Waals surface area contributed by atoms with Crippen LogP contribution in [0, 0.1) is 0 Å². The number of nitrogens with one attached hydrogen (secondary N) is 1. The van der Waals surface area contributed by atoms with Crippen molar-refractivity contribution in [2.45, 2.75) is 6.42 Å². The average molecular weight is 366 g/mol. The molecule has 8 heteroatoms. The molecule has 0 aromatic heterocycles. The van der Waals surface area contributed by atoms with E-state index in [1.54, 1.807) is 19.3 Å². The molecule has 0 spiro atoms. The van der Waals surface area contributed by atoms with E-state index in [1.165, 1.54) is 4.90 Å². The van der Waals surface area contributed by atoms with Crippen LogP contribution >= 0.6 is 24.0 Å². The third-order valence-corrected chi connectivity index (χ3v) is 4.64. The predicted octanol–water partition coefficient (Wildman–Crippen LogP) is 1.39. The molecule has 1 heterocycles. The minimum Gasteiger partial charge on any atom is -0.496 e. The second kappa shape index (κ2) is 8.81. The van der Waals surface area contributed by atoms with Gasteiger partial charge in [0.2, 0.25) is 5.91 Å². The van der Waals surface area contributed by atoms with Crippen molar-refractivity contribution in [3.05, 3.63) is 34.7 Å². The Morgan fingerprint density at radius 2 is 2.21 bits per heavy atom. The molecule has 0 bridgehead atoms. The Balaban J connectivity index is 2.08. The second-order valence-corrected chi connectivity index (χ2v) is 6.61. The average Bonchev–Trinajstić information content (AvgIpc) is 2.83. The smallest absolute Gasteiger partial charge is 0.266 e. The first-order valence-corrected chi connectivity index (χ1v) is 8.55. The number of hydrogen-bond acceptors (Lipinski definition) is 6. The predicted molar refractivity (Wildman–Crippen MR) is 97.6 cm³/mol. The van der Waals surface area contributed by atoms with Crippen LogP contribution in [0.2, 0.25) is 0 Å². The fraction of sp³-hybridized carbons (Fsp3) is 0.312. The molecule has 0 aliphatic carbocycles. The molecule has 1 aromatic rings. The standard InChI is InChI=1S/C16H18N2O4S2/c1-22-12-6-3-2-5-11(12)9-13-15(21)18(16(23)24-13)10-14(20)17-7-4-8-19/h2-3,5-6,9,19H,4,7-8,10H2,1H3,(H,17,20)/b13-9-. The van der Waals surface area contributed by atoms with Crippen molar-refractivity contribution in [3.8, 4) is 5.75 Å². The Bertz CT molecular complexity index is 676. The van der Waals surface area contributed by atoms with E-state index < -0.39 is 0 Å². The number of benzene rings is 1. The number of thioether (sulfide) groups is 1. The number of nitrogens with zero attached hydrogens (tertiary/aromatic N) is 1. The zero-order valence-corrected chi connectivity index (χ0v) is 14.8. The molecule has 2 amide bonds. The molecule has 24 heavy (non-hydrogen) atoms. The highest BCUT2D eigenvalue weighted by atomic mass is 32.2. The number of para-hydroxylation sites is 1. The highest BCUT2D eigenvalue weighted by Gasteiger charge is 2.33. The number of carbonyl (C=O) groups is 2. The molecule has 1 aliphatic heterocycles. The molecule has 1 aliphatic rings. The molecule has 6 nitrogen and oxygen atoms in total. The number of ether oxygens (including phenoxy) is 1. The van der Waals surface area contributed by atoms with E-state index in [2.05, 4.69) is 5.32 Å². The zero-order valence-electron chi connectivity index (χ0n) is 13.2. The van der Waals surface area contributed by atoms with Crippen molar-refractivity contribution >= 4 is 46.2 Å². The van der Waals surface area contributed by atoms with Crippen LogP contribution in [0.4, 0.5) is 0 Å². The van der Waals surface area contributed by atoms with E-state index in [4.69, 9.17) is 22.1 Å². The maximum absolute atomic E-state index is 12.5. The van der Waals surface area contributed by atoms with E-state index >= 15 is 0 Å². The molecule has 0 atom stereocenters. The first-order valence-electron chi connectivity index (χ1n) is 7.32. The lowest BCUT2D eigenvalue weighted by molar-refractivity contribution is -0.128. The van der Waals surface area contributed by atoms with Crippen LogP contribution in [-0.4, -0.2) is 52.9 Å². The summed E-state index contributed by atoms with van der Waals surface area (Å²) in [6, 6.07) is 7.34. The van der Waals surface area contributed by atoms with Gasteiger partial charge in [-0.1, -0.05) is 42.2 Å². The summed E-state index contributed by atoms with van der Waals surface area (Å²) in [5.74, 6) is 0.0519. The van der Waals surface area contributed by atoms with Gasteiger partial charge in [0.1, 0.15) is 16.6 Å². The van der Waals surface area contributed by atoms with E-state index in [1.807, 2.05) is 18.2 Å². The molecule has 0 saturated carbocycles. The summed E-state index contributed by atoms with van der Waals surface area (Å²) >= 11 is 6.36. The lowest BCUT2D eigenvalue weighted by Crippen LogP contribution is -2.39. The normalized spacial score (nSPS) is 15.9. The largest absolute Gasteiger partial charge is 0.496 e. The quantitative estimate of drug-likeness (QED) is 0.431. The van der Waals surface area contributed by atoms with Crippen LogP contribution < -0.4 is 10.1 Å². The maximum atomic E-state index is 12.5. The minimum absolute atomic E-state index is 0.00296. The van der Waals surface area contributed by atoms with Crippen molar-refractivity contribution in [2.75, 3.05) is 26.8 Å². The Morgan fingerprint density at radius 3 is 2.92 bits per heavy atom. The van der Waals surface area contributed by atoms with Crippen molar-refractivity contribution in [2.24, 2.45) is 0 Å². The van der Waals surface area contributed by atoms with Gasteiger partial charge in [-0.05, 0) is 18.6 Å². The van der Waals surface area contributed by atoms with Crippen LogP contribution in [0.25, 0.3) is 6.08 Å². The van der Waals surface area contributed by atoms with Gasteiger partial charge < -0.3 is 15.2 Å². The van der Waals surface area contributed by atoms with E-state index in [-0.39, 0.29) is 25.0 Å².